The summed E-state index contributed by atoms with van der Waals surface area (Å²) in [5, 5.41) is 9.30. The summed E-state index contributed by atoms with van der Waals surface area (Å²) in [5.41, 5.74) is 0.762. The maximum Gasteiger partial charge on any atom is 0.161 e. The number of hydrogen-bond donors (Lipinski definition) is 1. The van der Waals surface area contributed by atoms with Crippen molar-refractivity contribution in [1.29, 1.82) is 0 Å². The van der Waals surface area contributed by atoms with Crippen LogP contribution >= 0.6 is 0 Å². The number of benzene rings is 1. The summed E-state index contributed by atoms with van der Waals surface area (Å²) in [6, 6.07) is 5.36. The molecule has 0 aliphatic heterocycles. The van der Waals surface area contributed by atoms with E-state index >= 15 is 0 Å². The normalized spacial score (nSPS) is 10.9. The highest BCUT2D eigenvalue weighted by molar-refractivity contribution is 5.42. The number of aliphatic hydroxyl groups is 1. The molecule has 0 fully saturated rings. The summed E-state index contributed by atoms with van der Waals surface area (Å²) < 4.78 is 32.7. The minimum atomic E-state index is -0.0535. The quantitative estimate of drug-likeness (QED) is 0.419. The second kappa shape index (κ2) is 15.8. The summed E-state index contributed by atoms with van der Waals surface area (Å²) in [6.45, 7) is 9.18. The van der Waals surface area contributed by atoms with Gasteiger partial charge in [-0.15, -0.1) is 0 Å². The molecular weight excluding hydrogens is 340 g/mol. The smallest absolute Gasteiger partial charge is 0.161 e. The first-order valence-corrected chi connectivity index (χ1v) is 9.12. The molecule has 0 amide bonds. The lowest BCUT2D eigenvalue weighted by Gasteiger charge is -2.14. The second-order valence-electron chi connectivity index (χ2n) is 5.25. The lowest BCUT2D eigenvalue weighted by atomic mass is 10.2. The average molecular weight is 372 g/mol. The largest absolute Gasteiger partial charge is 0.487 e. The standard InChI is InChI=1S/C19H32O7/c1-3-21-7-9-23-11-13-25-18-6-5-17(16-20)15-19(18)26-14-12-24-10-8-22-4-2/h5-6,15,20H,3-4,7-14,16H2,1-2H3. The second-order valence-corrected chi connectivity index (χ2v) is 5.25. The van der Waals surface area contributed by atoms with Crippen LogP contribution in [0.3, 0.4) is 0 Å². The van der Waals surface area contributed by atoms with Gasteiger partial charge in [-0.05, 0) is 31.5 Å². The fourth-order valence-corrected chi connectivity index (χ4v) is 2.03. The van der Waals surface area contributed by atoms with Gasteiger partial charge in [0.2, 0.25) is 0 Å². The molecule has 0 atom stereocenters. The molecule has 0 heterocycles. The van der Waals surface area contributed by atoms with Crippen molar-refractivity contribution in [3.63, 3.8) is 0 Å². The number of ether oxygens (including phenoxy) is 6. The zero-order valence-electron chi connectivity index (χ0n) is 15.9. The van der Waals surface area contributed by atoms with Crippen LogP contribution in [-0.2, 0) is 25.6 Å². The molecule has 150 valence electrons. The van der Waals surface area contributed by atoms with Crippen LogP contribution in [0.2, 0.25) is 0 Å². The van der Waals surface area contributed by atoms with Gasteiger partial charge in [0.05, 0.1) is 46.2 Å². The van der Waals surface area contributed by atoms with Crippen molar-refractivity contribution in [2.45, 2.75) is 20.5 Å². The highest BCUT2D eigenvalue weighted by Gasteiger charge is 2.07. The van der Waals surface area contributed by atoms with Gasteiger partial charge in [-0.2, -0.15) is 0 Å². The number of rotatable bonds is 17. The minimum absolute atomic E-state index is 0.0535. The molecule has 1 aromatic carbocycles. The van der Waals surface area contributed by atoms with Gasteiger partial charge in [-0.3, -0.25) is 0 Å². The SMILES string of the molecule is CCOCCOCCOc1ccc(CO)cc1OCCOCCOCC. The fraction of sp³-hybridized carbons (Fsp3) is 0.684. The van der Waals surface area contributed by atoms with Crippen LogP contribution in [0.15, 0.2) is 18.2 Å². The summed E-state index contributed by atoms with van der Waals surface area (Å²) in [7, 11) is 0. The molecule has 0 aliphatic rings. The molecule has 1 N–H and O–H groups in total. The highest BCUT2D eigenvalue weighted by Crippen LogP contribution is 2.28. The van der Waals surface area contributed by atoms with Gasteiger partial charge in [0, 0.05) is 13.2 Å². The van der Waals surface area contributed by atoms with Crippen molar-refractivity contribution in [2.75, 3.05) is 66.1 Å². The van der Waals surface area contributed by atoms with E-state index in [1.54, 1.807) is 18.2 Å². The van der Waals surface area contributed by atoms with Crippen molar-refractivity contribution < 1.29 is 33.5 Å². The van der Waals surface area contributed by atoms with E-state index in [1.165, 1.54) is 0 Å². The predicted octanol–water partition coefficient (Wildman–Crippen LogP) is 2.04. The van der Waals surface area contributed by atoms with Gasteiger partial charge in [0.1, 0.15) is 13.2 Å². The lowest BCUT2D eigenvalue weighted by Crippen LogP contribution is -2.13. The first-order valence-electron chi connectivity index (χ1n) is 9.12. The molecular formula is C19H32O7. The van der Waals surface area contributed by atoms with E-state index in [0.29, 0.717) is 77.6 Å². The zero-order valence-corrected chi connectivity index (χ0v) is 15.9. The van der Waals surface area contributed by atoms with Crippen molar-refractivity contribution in [3.8, 4) is 11.5 Å². The van der Waals surface area contributed by atoms with Gasteiger partial charge in [0.15, 0.2) is 11.5 Å². The van der Waals surface area contributed by atoms with Gasteiger partial charge >= 0.3 is 0 Å². The summed E-state index contributed by atoms with van der Waals surface area (Å²) >= 11 is 0. The first-order chi connectivity index (χ1) is 12.8. The van der Waals surface area contributed by atoms with Crippen LogP contribution in [0.4, 0.5) is 0 Å². The van der Waals surface area contributed by atoms with Gasteiger partial charge in [-0.25, -0.2) is 0 Å². The highest BCUT2D eigenvalue weighted by atomic mass is 16.6. The third-order valence-corrected chi connectivity index (χ3v) is 3.31. The predicted molar refractivity (Wildman–Crippen MR) is 98.0 cm³/mol. The van der Waals surface area contributed by atoms with E-state index < -0.39 is 0 Å². The molecule has 1 rings (SSSR count). The monoisotopic (exact) mass is 372 g/mol. The Kier molecular flexibility index (Phi) is 13.8. The van der Waals surface area contributed by atoms with Crippen LogP contribution in [-0.4, -0.2) is 71.2 Å². The molecule has 0 saturated heterocycles. The molecule has 0 spiro atoms. The van der Waals surface area contributed by atoms with E-state index in [9.17, 15) is 5.11 Å². The van der Waals surface area contributed by atoms with E-state index in [0.717, 1.165) is 5.56 Å². The summed E-state index contributed by atoms with van der Waals surface area (Å²) in [6.07, 6.45) is 0. The average Bonchev–Trinajstić information content (AvgIpc) is 2.67. The number of aliphatic hydroxyl groups excluding tert-OH is 1. The molecule has 0 aliphatic carbocycles. The maximum absolute atomic E-state index is 9.30. The van der Waals surface area contributed by atoms with Crippen molar-refractivity contribution in [3.05, 3.63) is 23.8 Å². The molecule has 7 heteroatoms. The Hall–Kier alpha value is -1.38. The van der Waals surface area contributed by atoms with Gasteiger partial charge in [0.25, 0.3) is 0 Å². The molecule has 0 bridgehead atoms. The minimum Gasteiger partial charge on any atom is -0.487 e. The summed E-state index contributed by atoms with van der Waals surface area (Å²) in [5.74, 6) is 1.20. The number of hydrogen-bond acceptors (Lipinski definition) is 7. The van der Waals surface area contributed by atoms with Gasteiger partial charge in [-0.1, -0.05) is 6.07 Å². The van der Waals surface area contributed by atoms with E-state index in [4.69, 9.17) is 28.4 Å². The van der Waals surface area contributed by atoms with Crippen LogP contribution in [0.1, 0.15) is 19.4 Å². The Labute approximate surface area is 156 Å². The Bertz CT molecular complexity index is 454. The molecule has 0 radical (unpaired) electrons. The molecule has 7 nitrogen and oxygen atoms in total. The third-order valence-electron chi connectivity index (χ3n) is 3.31. The first kappa shape index (κ1) is 22.7. The summed E-state index contributed by atoms with van der Waals surface area (Å²) in [4.78, 5) is 0. The van der Waals surface area contributed by atoms with Crippen molar-refractivity contribution in [2.24, 2.45) is 0 Å². The topological polar surface area (TPSA) is 75.6 Å². The molecule has 1 aromatic rings. The van der Waals surface area contributed by atoms with E-state index in [-0.39, 0.29) is 6.61 Å². The van der Waals surface area contributed by atoms with Crippen molar-refractivity contribution in [1.82, 2.24) is 0 Å². The molecule has 0 aromatic heterocycles. The zero-order chi connectivity index (χ0) is 18.9. The Balaban J connectivity index is 2.32. The van der Waals surface area contributed by atoms with Gasteiger partial charge < -0.3 is 33.5 Å². The molecule has 0 unspecified atom stereocenters. The molecule has 0 saturated carbocycles. The van der Waals surface area contributed by atoms with Crippen LogP contribution in [0, 0.1) is 0 Å². The fourth-order valence-electron chi connectivity index (χ4n) is 2.03. The van der Waals surface area contributed by atoms with Crippen LogP contribution < -0.4 is 9.47 Å². The van der Waals surface area contributed by atoms with E-state index in [2.05, 4.69) is 0 Å². The van der Waals surface area contributed by atoms with E-state index in [1.807, 2.05) is 13.8 Å². The molecule has 26 heavy (non-hydrogen) atoms. The lowest BCUT2D eigenvalue weighted by molar-refractivity contribution is 0.0369. The van der Waals surface area contributed by atoms with Crippen molar-refractivity contribution >= 4 is 0 Å². The van der Waals surface area contributed by atoms with Crippen LogP contribution in [0.5, 0.6) is 11.5 Å². The Morgan fingerprint density at radius 3 is 1.69 bits per heavy atom. The maximum atomic E-state index is 9.30. The Morgan fingerprint density at radius 1 is 0.654 bits per heavy atom. The Morgan fingerprint density at radius 2 is 1.15 bits per heavy atom. The third kappa shape index (κ3) is 10.6. The van der Waals surface area contributed by atoms with Crippen LogP contribution in [0.25, 0.3) is 0 Å².